The summed E-state index contributed by atoms with van der Waals surface area (Å²) in [5.74, 6) is -0.444. The van der Waals surface area contributed by atoms with Crippen LogP contribution in [0.3, 0.4) is 0 Å². The van der Waals surface area contributed by atoms with Crippen molar-refractivity contribution in [1.29, 1.82) is 0 Å². The van der Waals surface area contributed by atoms with E-state index in [4.69, 9.17) is 0 Å². The molecule has 4 rings (SSSR count). The third kappa shape index (κ3) is 4.00. The molecule has 144 valence electrons. The Kier molecular flexibility index (Phi) is 5.31. The number of nitrogens with zero attached hydrogens (tertiary/aromatic N) is 2. The van der Waals surface area contributed by atoms with E-state index in [2.05, 4.69) is 10.3 Å². The molecule has 2 aromatic carbocycles. The van der Waals surface area contributed by atoms with Crippen LogP contribution < -0.4 is 10.9 Å². The number of rotatable bonds is 6. The first-order chi connectivity index (χ1) is 14.1. The third-order valence-electron chi connectivity index (χ3n) is 4.51. The van der Waals surface area contributed by atoms with Crippen LogP contribution in [0.2, 0.25) is 0 Å². The molecule has 6 nitrogen and oxygen atoms in total. The van der Waals surface area contributed by atoms with Crippen LogP contribution in [0.25, 0.3) is 10.2 Å². The van der Waals surface area contributed by atoms with Crippen molar-refractivity contribution < 1.29 is 9.59 Å². The molecule has 0 radical (unpaired) electrons. The van der Waals surface area contributed by atoms with Gasteiger partial charge in [0.05, 0.1) is 17.4 Å². The van der Waals surface area contributed by atoms with Crippen LogP contribution in [-0.4, -0.2) is 21.2 Å². The fraction of sp³-hybridized carbons (Fsp3) is 0.0909. The number of amides is 1. The predicted octanol–water partition coefficient (Wildman–Crippen LogP) is 3.72. The van der Waals surface area contributed by atoms with E-state index < -0.39 is 0 Å². The van der Waals surface area contributed by atoms with Crippen LogP contribution in [0, 0.1) is 0 Å². The first-order valence-corrected chi connectivity index (χ1v) is 9.93. The van der Waals surface area contributed by atoms with E-state index in [-0.39, 0.29) is 30.2 Å². The second-order valence-corrected chi connectivity index (χ2v) is 7.32. The average Bonchev–Trinajstić information content (AvgIpc) is 3.24. The van der Waals surface area contributed by atoms with Gasteiger partial charge in [-0.2, -0.15) is 0 Å². The predicted molar refractivity (Wildman–Crippen MR) is 113 cm³/mol. The molecule has 0 aliphatic rings. The van der Waals surface area contributed by atoms with E-state index in [0.717, 1.165) is 0 Å². The molecular weight excluding hydrogens is 386 g/mol. The zero-order valence-corrected chi connectivity index (χ0v) is 16.2. The fourth-order valence-corrected chi connectivity index (χ4v) is 3.75. The molecule has 2 heterocycles. The molecule has 2 aromatic heterocycles. The normalized spacial score (nSPS) is 10.8. The van der Waals surface area contributed by atoms with Gasteiger partial charge in [0, 0.05) is 24.1 Å². The number of nitrogens with one attached hydrogen (secondary N) is 1. The smallest absolute Gasteiger partial charge is 0.262 e. The molecule has 29 heavy (non-hydrogen) atoms. The summed E-state index contributed by atoms with van der Waals surface area (Å²) in [6.07, 6.45) is 1.55. The minimum atomic E-state index is -0.282. The summed E-state index contributed by atoms with van der Waals surface area (Å²) in [5.41, 5.74) is 1.26. The van der Waals surface area contributed by atoms with Crippen LogP contribution in [0.15, 0.2) is 77.2 Å². The van der Waals surface area contributed by atoms with Crippen LogP contribution in [-0.2, 0) is 11.3 Å². The Morgan fingerprint density at radius 2 is 1.76 bits per heavy atom. The maximum Gasteiger partial charge on any atom is 0.262 e. The fourth-order valence-electron chi connectivity index (χ4n) is 3.02. The van der Waals surface area contributed by atoms with E-state index in [1.165, 1.54) is 22.2 Å². The van der Waals surface area contributed by atoms with Gasteiger partial charge in [-0.3, -0.25) is 19.0 Å². The van der Waals surface area contributed by atoms with Gasteiger partial charge in [-0.05, 0) is 23.6 Å². The summed E-state index contributed by atoms with van der Waals surface area (Å²) in [4.78, 5) is 42.6. The van der Waals surface area contributed by atoms with E-state index in [0.29, 0.717) is 27.0 Å². The molecule has 0 fully saturated rings. The van der Waals surface area contributed by atoms with Gasteiger partial charge in [-0.25, -0.2) is 4.98 Å². The van der Waals surface area contributed by atoms with Gasteiger partial charge in [0.25, 0.3) is 5.56 Å². The maximum atomic E-state index is 12.8. The first-order valence-electron chi connectivity index (χ1n) is 9.05. The number of hydrogen-bond donors (Lipinski definition) is 1. The lowest BCUT2D eigenvalue weighted by molar-refractivity contribution is -0.116. The topological polar surface area (TPSA) is 81.1 Å². The standard InChI is InChI=1S/C22H17N3O3S/c26-19(10-12-25-14-23-21-17(22(25)28)11-13-29-21)24-18-9-5-4-8-16(18)20(27)15-6-2-1-3-7-15/h1-9,11,13-14H,10,12H2,(H,24,26). The van der Waals surface area contributed by atoms with Crippen LogP contribution in [0.4, 0.5) is 5.69 Å². The van der Waals surface area contributed by atoms with E-state index >= 15 is 0 Å². The van der Waals surface area contributed by atoms with Gasteiger partial charge in [0.1, 0.15) is 4.83 Å². The highest BCUT2D eigenvalue weighted by Gasteiger charge is 2.15. The van der Waals surface area contributed by atoms with Gasteiger partial charge in [0.15, 0.2) is 5.78 Å². The van der Waals surface area contributed by atoms with Crippen molar-refractivity contribution >= 4 is 38.9 Å². The number of hydrogen-bond acceptors (Lipinski definition) is 5. The molecule has 4 aromatic rings. The lowest BCUT2D eigenvalue weighted by Crippen LogP contribution is -2.23. The Balaban J connectivity index is 1.48. The van der Waals surface area contributed by atoms with Crippen molar-refractivity contribution in [2.75, 3.05) is 5.32 Å². The maximum absolute atomic E-state index is 12.8. The van der Waals surface area contributed by atoms with Crippen molar-refractivity contribution in [3.63, 3.8) is 0 Å². The monoisotopic (exact) mass is 403 g/mol. The molecule has 0 atom stereocenters. The van der Waals surface area contributed by atoms with Crippen LogP contribution in [0.1, 0.15) is 22.3 Å². The minimum absolute atomic E-state index is 0.0884. The third-order valence-corrected chi connectivity index (χ3v) is 5.33. The SMILES string of the molecule is O=C(CCn1cnc2sccc2c1=O)Nc1ccccc1C(=O)c1ccccc1. The van der Waals surface area contributed by atoms with Crippen molar-refractivity contribution in [1.82, 2.24) is 9.55 Å². The summed E-state index contributed by atoms with van der Waals surface area (Å²) in [6, 6.07) is 17.5. The van der Waals surface area contributed by atoms with Crippen LogP contribution >= 0.6 is 11.3 Å². The molecule has 0 saturated heterocycles. The number of carbonyl (C=O) groups excluding carboxylic acids is 2. The van der Waals surface area contributed by atoms with Crippen molar-refractivity contribution in [3.8, 4) is 0 Å². The van der Waals surface area contributed by atoms with Gasteiger partial charge in [-0.15, -0.1) is 11.3 Å². The highest BCUT2D eigenvalue weighted by molar-refractivity contribution is 7.16. The number of fused-ring (bicyclic) bond motifs is 1. The number of anilines is 1. The molecule has 0 bridgehead atoms. The highest BCUT2D eigenvalue weighted by atomic mass is 32.1. The lowest BCUT2D eigenvalue weighted by Gasteiger charge is -2.11. The van der Waals surface area contributed by atoms with Crippen molar-refractivity contribution in [3.05, 3.63) is 93.9 Å². The quantitative estimate of drug-likeness (QED) is 0.498. The second-order valence-electron chi connectivity index (χ2n) is 6.42. The molecule has 1 N–H and O–H groups in total. The molecule has 0 saturated carbocycles. The number of para-hydroxylation sites is 1. The second kappa shape index (κ2) is 8.20. The molecule has 7 heteroatoms. The van der Waals surface area contributed by atoms with Crippen molar-refractivity contribution in [2.45, 2.75) is 13.0 Å². The number of carbonyl (C=O) groups is 2. The summed E-state index contributed by atoms with van der Waals surface area (Å²) < 4.78 is 1.43. The summed E-state index contributed by atoms with van der Waals surface area (Å²) in [6.45, 7) is 0.207. The number of thiophene rings is 1. The minimum Gasteiger partial charge on any atom is -0.325 e. The molecule has 0 spiro atoms. The number of ketones is 1. The number of benzene rings is 2. The van der Waals surface area contributed by atoms with E-state index in [1.54, 1.807) is 54.6 Å². The first kappa shape index (κ1) is 18.8. The Hall–Kier alpha value is -3.58. The average molecular weight is 403 g/mol. The van der Waals surface area contributed by atoms with E-state index in [9.17, 15) is 14.4 Å². The van der Waals surface area contributed by atoms with Gasteiger partial charge in [0.2, 0.25) is 5.91 Å². The Labute approximate surface area is 170 Å². The van der Waals surface area contributed by atoms with Gasteiger partial charge in [-0.1, -0.05) is 42.5 Å². The lowest BCUT2D eigenvalue weighted by atomic mass is 10.0. The largest absolute Gasteiger partial charge is 0.325 e. The summed E-state index contributed by atoms with van der Waals surface area (Å²) in [5, 5.41) is 5.16. The molecular formula is C22H17N3O3S. The molecule has 0 unspecified atom stereocenters. The van der Waals surface area contributed by atoms with E-state index in [1.807, 2.05) is 11.4 Å². The Morgan fingerprint density at radius 3 is 2.59 bits per heavy atom. The molecule has 0 aliphatic heterocycles. The Morgan fingerprint density at radius 1 is 1.00 bits per heavy atom. The Bertz CT molecular complexity index is 1240. The zero-order valence-electron chi connectivity index (χ0n) is 15.4. The molecule has 0 aliphatic carbocycles. The number of aryl methyl sites for hydroxylation is 1. The molecule has 1 amide bonds. The van der Waals surface area contributed by atoms with Crippen molar-refractivity contribution in [2.24, 2.45) is 0 Å². The van der Waals surface area contributed by atoms with Gasteiger partial charge >= 0.3 is 0 Å². The summed E-state index contributed by atoms with van der Waals surface area (Å²) >= 11 is 1.40. The number of aromatic nitrogens is 2. The van der Waals surface area contributed by atoms with Crippen LogP contribution in [0.5, 0.6) is 0 Å². The zero-order chi connectivity index (χ0) is 20.2. The highest BCUT2D eigenvalue weighted by Crippen LogP contribution is 2.19. The summed E-state index contributed by atoms with van der Waals surface area (Å²) in [7, 11) is 0. The van der Waals surface area contributed by atoms with Gasteiger partial charge < -0.3 is 5.32 Å².